The summed E-state index contributed by atoms with van der Waals surface area (Å²) < 4.78 is 33.2. The van der Waals surface area contributed by atoms with Crippen LogP contribution in [0.1, 0.15) is 10.4 Å². The van der Waals surface area contributed by atoms with E-state index in [4.69, 9.17) is 4.74 Å². The van der Waals surface area contributed by atoms with Gasteiger partial charge in [0.25, 0.3) is 15.9 Å². The Labute approximate surface area is 143 Å². The number of amides is 1. The highest BCUT2D eigenvalue weighted by Gasteiger charge is 2.20. The van der Waals surface area contributed by atoms with Gasteiger partial charge in [-0.3, -0.25) is 9.52 Å². The lowest BCUT2D eigenvalue weighted by Crippen LogP contribution is -2.20. The van der Waals surface area contributed by atoms with E-state index in [1.54, 1.807) is 24.3 Å². The van der Waals surface area contributed by atoms with Crippen molar-refractivity contribution in [3.05, 3.63) is 52.5 Å². The van der Waals surface area contributed by atoms with Crippen LogP contribution in [0.5, 0.6) is 5.75 Å². The number of anilines is 1. The van der Waals surface area contributed by atoms with E-state index in [2.05, 4.69) is 26.0 Å². The van der Waals surface area contributed by atoms with Crippen LogP contribution in [0.3, 0.4) is 0 Å². The first-order valence-electron chi connectivity index (χ1n) is 6.56. The molecule has 8 heteroatoms. The largest absolute Gasteiger partial charge is 0.496 e. The van der Waals surface area contributed by atoms with Crippen molar-refractivity contribution >= 4 is 37.5 Å². The molecule has 0 saturated heterocycles. The fraction of sp³-hybridized carbons (Fsp3) is 0.133. The number of carbonyl (C=O) groups excluding carboxylic acids is 1. The fourth-order valence-electron chi connectivity index (χ4n) is 1.91. The number of ether oxygens (including phenoxy) is 1. The first kappa shape index (κ1) is 17.3. The molecule has 6 nitrogen and oxygen atoms in total. The molecule has 0 atom stereocenters. The van der Waals surface area contributed by atoms with Crippen LogP contribution in [-0.2, 0) is 10.0 Å². The van der Waals surface area contributed by atoms with Gasteiger partial charge in [-0.05, 0) is 46.3 Å². The molecule has 0 aliphatic heterocycles. The molecule has 0 fully saturated rings. The Bertz CT molecular complexity index is 837. The Hall–Kier alpha value is -2.06. The van der Waals surface area contributed by atoms with Gasteiger partial charge in [0.2, 0.25) is 0 Å². The summed E-state index contributed by atoms with van der Waals surface area (Å²) in [5.41, 5.74) is 0.551. The number of hydrogen-bond donors (Lipinski definition) is 2. The number of nitrogens with one attached hydrogen (secondary N) is 2. The minimum absolute atomic E-state index is 0.0346. The van der Waals surface area contributed by atoms with Crippen LogP contribution >= 0.6 is 15.9 Å². The van der Waals surface area contributed by atoms with Crippen molar-refractivity contribution in [1.29, 1.82) is 0 Å². The number of rotatable bonds is 5. The molecule has 1 amide bonds. The third-order valence-corrected chi connectivity index (χ3v) is 5.13. The van der Waals surface area contributed by atoms with Crippen molar-refractivity contribution in [2.45, 2.75) is 4.90 Å². The molecule has 0 aliphatic carbocycles. The molecule has 0 bridgehead atoms. The van der Waals surface area contributed by atoms with Crippen LogP contribution in [0, 0.1) is 0 Å². The Morgan fingerprint density at radius 1 is 1.17 bits per heavy atom. The molecule has 0 aromatic heterocycles. The topological polar surface area (TPSA) is 84.5 Å². The summed E-state index contributed by atoms with van der Waals surface area (Å²) in [5.74, 6) is -0.135. The molecule has 23 heavy (non-hydrogen) atoms. The average molecular weight is 399 g/mol. The third-order valence-electron chi connectivity index (χ3n) is 3.07. The van der Waals surface area contributed by atoms with Crippen molar-refractivity contribution in [3.63, 3.8) is 0 Å². The summed E-state index contributed by atoms with van der Waals surface area (Å²) in [4.78, 5) is 11.8. The van der Waals surface area contributed by atoms with Crippen LogP contribution in [0.25, 0.3) is 0 Å². The van der Waals surface area contributed by atoms with Gasteiger partial charge >= 0.3 is 0 Å². The average Bonchev–Trinajstić information content (AvgIpc) is 2.55. The van der Waals surface area contributed by atoms with E-state index in [0.717, 1.165) is 0 Å². The predicted octanol–water partition coefficient (Wildman–Crippen LogP) is 2.62. The zero-order chi connectivity index (χ0) is 17.0. The first-order valence-corrected chi connectivity index (χ1v) is 8.84. The van der Waals surface area contributed by atoms with Gasteiger partial charge in [-0.15, -0.1) is 0 Å². The van der Waals surface area contributed by atoms with Gasteiger partial charge in [-0.25, -0.2) is 8.42 Å². The quantitative estimate of drug-likeness (QED) is 0.810. The highest BCUT2D eigenvalue weighted by molar-refractivity contribution is 9.10. The van der Waals surface area contributed by atoms with E-state index in [9.17, 15) is 13.2 Å². The molecule has 2 rings (SSSR count). The van der Waals surface area contributed by atoms with Gasteiger partial charge < -0.3 is 10.1 Å². The molecule has 0 aliphatic rings. The van der Waals surface area contributed by atoms with Gasteiger partial charge in [0.15, 0.2) is 0 Å². The van der Waals surface area contributed by atoms with Crippen molar-refractivity contribution in [2.75, 3.05) is 18.9 Å². The second kappa shape index (κ2) is 7.01. The number of para-hydroxylation sites is 1. The fourth-order valence-corrected chi connectivity index (χ4v) is 3.53. The standard InChI is InChI=1S/C15H15BrN2O4S/c1-17-15(19)11-9-10(7-8-14(11)22-2)23(20,21)18-13-6-4-3-5-12(13)16/h3-9,18H,1-2H3,(H,17,19). The smallest absolute Gasteiger partial charge is 0.261 e. The molecule has 0 radical (unpaired) electrons. The molecule has 2 aromatic rings. The Kier molecular flexibility index (Phi) is 5.27. The van der Waals surface area contributed by atoms with E-state index in [0.29, 0.717) is 15.9 Å². The van der Waals surface area contributed by atoms with Crippen LogP contribution in [0.2, 0.25) is 0 Å². The van der Waals surface area contributed by atoms with Gasteiger partial charge in [0, 0.05) is 11.5 Å². The highest BCUT2D eigenvalue weighted by Crippen LogP contribution is 2.27. The van der Waals surface area contributed by atoms with E-state index in [1.807, 2.05) is 0 Å². The number of benzene rings is 2. The second-order valence-corrected chi connectivity index (χ2v) is 7.06. The summed E-state index contributed by atoms with van der Waals surface area (Å²) in [5, 5.41) is 2.45. The van der Waals surface area contributed by atoms with Crippen LogP contribution in [0.15, 0.2) is 51.8 Å². The van der Waals surface area contributed by atoms with E-state index in [1.165, 1.54) is 32.4 Å². The molecule has 2 N–H and O–H groups in total. The van der Waals surface area contributed by atoms with E-state index < -0.39 is 15.9 Å². The van der Waals surface area contributed by atoms with Crippen molar-refractivity contribution in [2.24, 2.45) is 0 Å². The van der Waals surface area contributed by atoms with Crippen molar-refractivity contribution in [1.82, 2.24) is 5.32 Å². The molecule has 2 aromatic carbocycles. The number of carbonyl (C=O) groups is 1. The summed E-state index contributed by atoms with van der Waals surface area (Å²) in [6.07, 6.45) is 0. The molecule has 0 unspecified atom stereocenters. The van der Waals surface area contributed by atoms with Crippen molar-refractivity contribution < 1.29 is 17.9 Å². The number of methoxy groups -OCH3 is 1. The SMILES string of the molecule is CNC(=O)c1cc(S(=O)(=O)Nc2ccccc2Br)ccc1OC. The molecule has 0 spiro atoms. The zero-order valence-electron chi connectivity index (χ0n) is 12.5. The highest BCUT2D eigenvalue weighted by atomic mass is 79.9. The monoisotopic (exact) mass is 398 g/mol. The first-order chi connectivity index (χ1) is 10.9. The van der Waals surface area contributed by atoms with Crippen LogP contribution < -0.4 is 14.8 Å². The Morgan fingerprint density at radius 3 is 2.48 bits per heavy atom. The van der Waals surface area contributed by atoms with Gasteiger partial charge in [-0.1, -0.05) is 12.1 Å². The van der Waals surface area contributed by atoms with E-state index in [-0.39, 0.29) is 10.5 Å². The molecular formula is C15H15BrN2O4S. The normalized spacial score (nSPS) is 10.9. The molecular weight excluding hydrogens is 384 g/mol. The minimum atomic E-state index is -3.84. The summed E-state index contributed by atoms with van der Waals surface area (Å²) in [7, 11) is -0.968. The minimum Gasteiger partial charge on any atom is -0.496 e. The maximum Gasteiger partial charge on any atom is 0.261 e. The number of sulfonamides is 1. The molecule has 0 saturated carbocycles. The van der Waals surface area contributed by atoms with Crippen LogP contribution in [-0.4, -0.2) is 28.5 Å². The molecule has 122 valence electrons. The number of hydrogen-bond acceptors (Lipinski definition) is 4. The molecule has 0 heterocycles. The van der Waals surface area contributed by atoms with Gasteiger partial charge in [0.05, 0.1) is 23.3 Å². The summed E-state index contributed by atoms with van der Waals surface area (Å²) in [6, 6.07) is 10.9. The van der Waals surface area contributed by atoms with Crippen LogP contribution in [0.4, 0.5) is 5.69 Å². The third kappa shape index (κ3) is 3.83. The lowest BCUT2D eigenvalue weighted by atomic mass is 10.2. The predicted molar refractivity (Wildman–Crippen MR) is 91.3 cm³/mol. The second-order valence-electron chi connectivity index (χ2n) is 4.53. The lowest BCUT2D eigenvalue weighted by Gasteiger charge is -2.12. The maximum atomic E-state index is 12.5. The van der Waals surface area contributed by atoms with Gasteiger partial charge in [-0.2, -0.15) is 0 Å². The number of halogens is 1. The Balaban J connectivity index is 2.44. The zero-order valence-corrected chi connectivity index (χ0v) is 14.9. The maximum absolute atomic E-state index is 12.5. The Morgan fingerprint density at radius 2 is 1.87 bits per heavy atom. The van der Waals surface area contributed by atoms with Gasteiger partial charge in [0.1, 0.15) is 5.75 Å². The summed E-state index contributed by atoms with van der Waals surface area (Å²) in [6.45, 7) is 0. The van der Waals surface area contributed by atoms with E-state index >= 15 is 0 Å². The lowest BCUT2D eigenvalue weighted by molar-refractivity contribution is 0.0960. The summed E-state index contributed by atoms with van der Waals surface area (Å²) >= 11 is 3.28. The van der Waals surface area contributed by atoms with Crippen molar-refractivity contribution in [3.8, 4) is 5.75 Å².